The molecule has 0 bridgehead atoms. The van der Waals surface area contributed by atoms with Gasteiger partial charge in [0.05, 0.1) is 48.0 Å². The first-order valence-electron chi connectivity index (χ1n) is 10.1. The van der Waals surface area contributed by atoms with Gasteiger partial charge in [-0.25, -0.2) is 12.4 Å². The van der Waals surface area contributed by atoms with Gasteiger partial charge in [0.1, 0.15) is 5.75 Å². The zero-order chi connectivity index (χ0) is 23.3. The van der Waals surface area contributed by atoms with Crippen LogP contribution in [0.4, 0.5) is 0 Å². The fourth-order valence-corrected chi connectivity index (χ4v) is 5.91. The number of nitrogens with zero attached hydrogens (tertiary/aromatic N) is 1. The quantitative estimate of drug-likeness (QED) is 0.398. The van der Waals surface area contributed by atoms with Gasteiger partial charge < -0.3 is 19.3 Å². The van der Waals surface area contributed by atoms with Crippen molar-refractivity contribution in [2.75, 3.05) is 21.3 Å². The molecule has 7 nitrogen and oxygen atoms in total. The van der Waals surface area contributed by atoms with Crippen LogP contribution in [0.5, 0.6) is 23.0 Å². The highest BCUT2D eigenvalue weighted by Gasteiger charge is 2.28. The number of methoxy groups -OCH3 is 3. The minimum absolute atomic E-state index is 0.0986. The Morgan fingerprint density at radius 1 is 0.758 bits per heavy atom. The van der Waals surface area contributed by atoms with Gasteiger partial charge in [0.15, 0.2) is 11.5 Å². The number of benzene rings is 4. The highest BCUT2D eigenvalue weighted by Crippen LogP contribution is 2.50. The van der Waals surface area contributed by atoms with Crippen molar-refractivity contribution in [2.24, 2.45) is 0 Å². The van der Waals surface area contributed by atoms with E-state index < -0.39 is 10.0 Å². The molecule has 0 saturated carbocycles. The number of phenols is 1. The average molecular weight is 464 g/mol. The molecule has 1 aromatic heterocycles. The number of hydrogen-bond acceptors (Lipinski definition) is 6. The molecule has 1 heterocycles. The van der Waals surface area contributed by atoms with Crippen LogP contribution in [0, 0.1) is 0 Å². The third-order valence-corrected chi connectivity index (χ3v) is 7.52. The van der Waals surface area contributed by atoms with Crippen LogP contribution < -0.4 is 14.2 Å². The van der Waals surface area contributed by atoms with Crippen molar-refractivity contribution in [1.29, 1.82) is 0 Å². The molecule has 0 aliphatic heterocycles. The van der Waals surface area contributed by atoms with Crippen LogP contribution in [0.1, 0.15) is 0 Å². The first-order valence-corrected chi connectivity index (χ1v) is 11.6. The number of hydrogen-bond donors (Lipinski definition) is 1. The Bertz CT molecular complexity index is 1640. The summed E-state index contributed by atoms with van der Waals surface area (Å²) in [6.45, 7) is 0. The predicted molar refractivity (Wildman–Crippen MR) is 127 cm³/mol. The average Bonchev–Trinajstić information content (AvgIpc) is 3.18. The molecule has 0 fully saturated rings. The summed E-state index contributed by atoms with van der Waals surface area (Å²) < 4.78 is 45.2. The third-order valence-electron chi connectivity index (χ3n) is 5.77. The Labute approximate surface area is 190 Å². The van der Waals surface area contributed by atoms with Crippen LogP contribution in [-0.4, -0.2) is 38.8 Å². The summed E-state index contributed by atoms with van der Waals surface area (Å²) in [7, 11) is 0.500. The molecule has 0 radical (unpaired) electrons. The summed E-state index contributed by atoms with van der Waals surface area (Å²) in [6.07, 6.45) is 0. The molecule has 33 heavy (non-hydrogen) atoms. The second-order valence-electron chi connectivity index (χ2n) is 7.46. The molecule has 0 spiro atoms. The molecule has 0 saturated heterocycles. The monoisotopic (exact) mass is 463 g/mol. The molecule has 0 aliphatic rings. The second-order valence-corrected chi connectivity index (χ2v) is 9.25. The summed E-state index contributed by atoms with van der Waals surface area (Å²) >= 11 is 0. The molecule has 0 unspecified atom stereocenters. The van der Waals surface area contributed by atoms with Gasteiger partial charge in [-0.1, -0.05) is 36.4 Å². The molecule has 1 N–H and O–H groups in total. The molecule has 0 aliphatic carbocycles. The number of aromatic hydroxyl groups is 1. The number of fused-ring (bicyclic) bond motifs is 4. The normalized spacial score (nSPS) is 11.8. The smallest absolute Gasteiger partial charge is 0.268 e. The first-order chi connectivity index (χ1) is 15.9. The topological polar surface area (TPSA) is 87.0 Å². The lowest BCUT2D eigenvalue weighted by molar-refractivity contribution is 0.326. The molecule has 5 rings (SSSR count). The maximum Gasteiger partial charge on any atom is 0.268 e. The van der Waals surface area contributed by atoms with Crippen LogP contribution >= 0.6 is 0 Å². The molecular formula is C25H21NO6S. The maximum absolute atomic E-state index is 13.7. The number of phenolic OH excluding ortho intramolecular Hbond substituents is 1. The summed E-state index contributed by atoms with van der Waals surface area (Å²) in [5, 5.41) is 13.4. The zero-order valence-electron chi connectivity index (χ0n) is 18.2. The van der Waals surface area contributed by atoms with Crippen LogP contribution in [0.2, 0.25) is 0 Å². The second kappa shape index (κ2) is 7.60. The molecule has 5 aromatic rings. The van der Waals surface area contributed by atoms with E-state index in [9.17, 15) is 13.5 Å². The fraction of sp³-hybridized carbons (Fsp3) is 0.120. The summed E-state index contributed by atoms with van der Waals surface area (Å²) in [5.74, 6) is 0.935. The molecule has 168 valence electrons. The van der Waals surface area contributed by atoms with E-state index in [2.05, 4.69) is 0 Å². The third kappa shape index (κ3) is 2.91. The Morgan fingerprint density at radius 2 is 1.42 bits per heavy atom. The van der Waals surface area contributed by atoms with Gasteiger partial charge in [-0.3, -0.25) is 0 Å². The van der Waals surface area contributed by atoms with Gasteiger partial charge in [0, 0.05) is 5.39 Å². The lowest BCUT2D eigenvalue weighted by Crippen LogP contribution is -2.12. The molecule has 0 atom stereocenters. The van der Waals surface area contributed by atoms with Gasteiger partial charge in [-0.2, -0.15) is 0 Å². The van der Waals surface area contributed by atoms with Gasteiger partial charge in [0.25, 0.3) is 10.0 Å². The van der Waals surface area contributed by atoms with Crippen LogP contribution in [0.25, 0.3) is 32.6 Å². The van der Waals surface area contributed by atoms with Crippen molar-refractivity contribution >= 4 is 42.6 Å². The van der Waals surface area contributed by atoms with E-state index in [-0.39, 0.29) is 10.6 Å². The maximum atomic E-state index is 13.7. The number of aromatic nitrogens is 1. The van der Waals surface area contributed by atoms with E-state index in [4.69, 9.17) is 14.2 Å². The Morgan fingerprint density at radius 3 is 2.09 bits per heavy atom. The van der Waals surface area contributed by atoms with Gasteiger partial charge in [-0.15, -0.1) is 0 Å². The first kappa shape index (κ1) is 21.0. The largest absolute Gasteiger partial charge is 0.506 e. The Kier molecular flexibility index (Phi) is 4.83. The van der Waals surface area contributed by atoms with Crippen LogP contribution in [-0.2, 0) is 10.0 Å². The van der Waals surface area contributed by atoms with E-state index in [0.717, 1.165) is 0 Å². The minimum Gasteiger partial charge on any atom is -0.506 e. The fourth-order valence-electron chi connectivity index (χ4n) is 4.37. The standard InChI is InChI=1S/C25H21NO6S/c1-30-20-14-15-13-19-22(23(27)21(15)25(32-3)24(20)31-2)17-11-7-8-12-18(17)26(19)33(28,29)16-9-5-4-6-10-16/h4-14,27H,1-3H3. The molecule has 4 aromatic carbocycles. The predicted octanol–water partition coefficient (Wildman–Crippen LogP) is 4.92. The van der Waals surface area contributed by atoms with Gasteiger partial charge in [0.2, 0.25) is 5.75 Å². The summed E-state index contributed by atoms with van der Waals surface area (Å²) in [4.78, 5) is 0.150. The van der Waals surface area contributed by atoms with E-state index in [1.54, 1.807) is 66.7 Å². The van der Waals surface area contributed by atoms with Crippen LogP contribution in [0.3, 0.4) is 0 Å². The van der Waals surface area contributed by atoms with E-state index in [1.165, 1.54) is 25.3 Å². The number of ether oxygens (including phenoxy) is 3. The highest BCUT2D eigenvalue weighted by molar-refractivity contribution is 7.90. The van der Waals surface area contributed by atoms with Crippen molar-refractivity contribution in [3.8, 4) is 23.0 Å². The Balaban J connectivity index is 2.02. The number of rotatable bonds is 5. The Hall–Kier alpha value is -3.91. The van der Waals surface area contributed by atoms with E-state index in [1.807, 2.05) is 0 Å². The van der Waals surface area contributed by atoms with Gasteiger partial charge >= 0.3 is 0 Å². The zero-order valence-corrected chi connectivity index (χ0v) is 19.0. The van der Waals surface area contributed by atoms with Crippen molar-refractivity contribution in [3.63, 3.8) is 0 Å². The minimum atomic E-state index is -3.96. The van der Waals surface area contributed by atoms with Crippen molar-refractivity contribution in [3.05, 3.63) is 66.7 Å². The van der Waals surface area contributed by atoms with E-state index >= 15 is 0 Å². The highest BCUT2D eigenvalue weighted by atomic mass is 32.2. The van der Waals surface area contributed by atoms with Gasteiger partial charge in [-0.05, 0) is 35.7 Å². The SMILES string of the molecule is COc1cc2cc3c(c(O)c2c(OC)c1OC)c1ccccc1n3S(=O)(=O)c1ccccc1. The van der Waals surface area contributed by atoms with Crippen molar-refractivity contribution < 1.29 is 27.7 Å². The van der Waals surface area contributed by atoms with Crippen molar-refractivity contribution in [2.45, 2.75) is 4.90 Å². The molecule has 8 heteroatoms. The van der Waals surface area contributed by atoms with E-state index in [0.29, 0.717) is 49.8 Å². The summed E-state index contributed by atoms with van der Waals surface area (Å²) in [5.41, 5.74) is 0.805. The summed E-state index contributed by atoms with van der Waals surface area (Å²) in [6, 6.07) is 18.7. The number of para-hydroxylation sites is 1. The lowest BCUT2D eigenvalue weighted by atomic mass is 10.0. The van der Waals surface area contributed by atoms with Crippen molar-refractivity contribution in [1.82, 2.24) is 3.97 Å². The van der Waals surface area contributed by atoms with Crippen LogP contribution in [0.15, 0.2) is 71.6 Å². The lowest BCUT2D eigenvalue weighted by Gasteiger charge is -2.16. The molecule has 0 amide bonds. The molecular weight excluding hydrogens is 442 g/mol.